The largest absolute Gasteiger partial charge is 0.368 e. The van der Waals surface area contributed by atoms with E-state index in [9.17, 15) is 13.2 Å². The zero-order valence-electron chi connectivity index (χ0n) is 10.2. The summed E-state index contributed by atoms with van der Waals surface area (Å²) in [4.78, 5) is 11.7. The maximum atomic E-state index is 12.4. The Bertz CT molecular complexity index is 595. The number of amides is 1. The molecule has 2 rings (SSSR count). The van der Waals surface area contributed by atoms with Gasteiger partial charge in [0.15, 0.2) is 0 Å². The molecule has 0 aliphatic heterocycles. The molecule has 19 heavy (non-hydrogen) atoms. The van der Waals surface area contributed by atoms with Gasteiger partial charge in [0.25, 0.3) is 0 Å². The van der Waals surface area contributed by atoms with Crippen molar-refractivity contribution in [1.29, 1.82) is 0 Å². The summed E-state index contributed by atoms with van der Waals surface area (Å²) in [7, 11) is -3.78. The Morgan fingerprint density at radius 3 is 2.37 bits per heavy atom. The second-order valence-electron chi connectivity index (χ2n) is 4.69. The van der Waals surface area contributed by atoms with Gasteiger partial charge in [-0.05, 0) is 40.9 Å². The molecule has 7 heteroatoms. The van der Waals surface area contributed by atoms with Gasteiger partial charge in [0.05, 0.1) is 4.90 Å². The van der Waals surface area contributed by atoms with Gasteiger partial charge in [-0.25, -0.2) is 8.42 Å². The lowest BCUT2D eigenvalue weighted by atomic mass is 9.99. The fourth-order valence-electron chi connectivity index (χ4n) is 2.35. The van der Waals surface area contributed by atoms with E-state index in [1.54, 1.807) is 18.2 Å². The predicted octanol–water partition coefficient (Wildman–Crippen LogP) is 1.53. The summed E-state index contributed by atoms with van der Waals surface area (Å²) in [6.45, 7) is 0. The SMILES string of the molecule is NC(=O)C1(NS(=O)(=O)c2ccccc2Br)CCCC1. The zero-order valence-corrected chi connectivity index (χ0v) is 12.6. The summed E-state index contributed by atoms with van der Waals surface area (Å²) in [6, 6.07) is 6.48. The van der Waals surface area contributed by atoms with Gasteiger partial charge in [-0.2, -0.15) is 4.72 Å². The van der Waals surface area contributed by atoms with Gasteiger partial charge < -0.3 is 5.73 Å². The molecule has 104 valence electrons. The highest BCUT2D eigenvalue weighted by Gasteiger charge is 2.43. The van der Waals surface area contributed by atoms with Gasteiger partial charge in [0, 0.05) is 4.47 Å². The minimum atomic E-state index is -3.78. The molecule has 1 aromatic carbocycles. The standard InChI is InChI=1S/C12H15BrN2O3S/c13-9-5-1-2-6-10(9)19(17,18)15-12(11(14)16)7-3-4-8-12/h1-2,5-6,15H,3-4,7-8H2,(H2,14,16). The monoisotopic (exact) mass is 346 g/mol. The Kier molecular flexibility index (Phi) is 3.98. The average molecular weight is 347 g/mol. The molecule has 0 unspecified atom stereocenters. The van der Waals surface area contributed by atoms with Gasteiger partial charge >= 0.3 is 0 Å². The Labute approximate surface area is 120 Å². The molecule has 1 aliphatic rings. The fourth-order valence-corrected chi connectivity index (χ4v) is 4.79. The van der Waals surface area contributed by atoms with Gasteiger partial charge in [-0.3, -0.25) is 4.79 Å². The average Bonchev–Trinajstić information content (AvgIpc) is 2.78. The van der Waals surface area contributed by atoms with Crippen molar-refractivity contribution in [3.8, 4) is 0 Å². The summed E-state index contributed by atoms with van der Waals surface area (Å²) in [5.74, 6) is -0.611. The summed E-state index contributed by atoms with van der Waals surface area (Å²) in [6.07, 6.45) is 2.49. The van der Waals surface area contributed by atoms with E-state index in [-0.39, 0.29) is 4.90 Å². The molecule has 1 aliphatic carbocycles. The molecule has 1 aromatic rings. The molecule has 1 amide bonds. The first-order chi connectivity index (χ1) is 8.87. The van der Waals surface area contributed by atoms with Crippen molar-refractivity contribution in [2.75, 3.05) is 0 Å². The minimum absolute atomic E-state index is 0.113. The van der Waals surface area contributed by atoms with Crippen LogP contribution in [0.4, 0.5) is 0 Å². The number of halogens is 1. The van der Waals surface area contributed by atoms with Crippen molar-refractivity contribution < 1.29 is 13.2 Å². The van der Waals surface area contributed by atoms with E-state index in [0.29, 0.717) is 17.3 Å². The number of hydrogen-bond acceptors (Lipinski definition) is 3. The van der Waals surface area contributed by atoms with Crippen LogP contribution in [0.3, 0.4) is 0 Å². The predicted molar refractivity (Wildman–Crippen MR) is 74.9 cm³/mol. The highest BCUT2D eigenvalue weighted by atomic mass is 79.9. The highest BCUT2D eigenvalue weighted by molar-refractivity contribution is 9.10. The molecule has 0 atom stereocenters. The van der Waals surface area contributed by atoms with Gasteiger partial charge in [0.1, 0.15) is 5.54 Å². The minimum Gasteiger partial charge on any atom is -0.368 e. The van der Waals surface area contributed by atoms with Crippen molar-refractivity contribution >= 4 is 31.9 Å². The third-order valence-electron chi connectivity index (χ3n) is 3.38. The van der Waals surface area contributed by atoms with E-state index in [2.05, 4.69) is 20.7 Å². The van der Waals surface area contributed by atoms with Crippen LogP contribution in [-0.4, -0.2) is 19.9 Å². The van der Waals surface area contributed by atoms with E-state index < -0.39 is 21.5 Å². The number of nitrogens with one attached hydrogen (secondary N) is 1. The van der Waals surface area contributed by atoms with Crippen molar-refractivity contribution in [2.45, 2.75) is 36.1 Å². The Balaban J connectivity index is 2.36. The van der Waals surface area contributed by atoms with Gasteiger partial charge in [0.2, 0.25) is 15.9 Å². The molecular formula is C12H15BrN2O3S. The van der Waals surface area contributed by atoms with Crippen molar-refractivity contribution in [3.05, 3.63) is 28.7 Å². The second kappa shape index (κ2) is 5.22. The number of carbonyl (C=O) groups excluding carboxylic acids is 1. The lowest BCUT2D eigenvalue weighted by Crippen LogP contribution is -2.55. The van der Waals surface area contributed by atoms with E-state index in [0.717, 1.165) is 12.8 Å². The summed E-state index contributed by atoms with van der Waals surface area (Å²) < 4.78 is 27.7. The first-order valence-electron chi connectivity index (χ1n) is 5.96. The van der Waals surface area contributed by atoms with Crippen LogP contribution in [0.25, 0.3) is 0 Å². The van der Waals surface area contributed by atoms with Crippen LogP contribution in [-0.2, 0) is 14.8 Å². The fraction of sp³-hybridized carbons (Fsp3) is 0.417. The van der Waals surface area contributed by atoms with E-state index in [1.165, 1.54) is 6.07 Å². The normalized spacial score (nSPS) is 18.4. The number of sulfonamides is 1. The molecule has 0 bridgehead atoms. The van der Waals surface area contributed by atoms with Crippen LogP contribution in [0.15, 0.2) is 33.6 Å². The third kappa shape index (κ3) is 2.82. The topological polar surface area (TPSA) is 89.3 Å². The van der Waals surface area contributed by atoms with Crippen LogP contribution in [0, 0.1) is 0 Å². The summed E-state index contributed by atoms with van der Waals surface area (Å²) in [5.41, 5.74) is 4.23. The van der Waals surface area contributed by atoms with E-state index in [1.807, 2.05) is 0 Å². The van der Waals surface area contributed by atoms with Crippen LogP contribution in [0.5, 0.6) is 0 Å². The number of nitrogens with two attached hydrogens (primary N) is 1. The second-order valence-corrected chi connectivity index (χ2v) is 7.19. The molecule has 0 radical (unpaired) electrons. The molecule has 3 N–H and O–H groups in total. The van der Waals surface area contributed by atoms with Crippen molar-refractivity contribution in [2.24, 2.45) is 5.73 Å². The molecule has 1 fully saturated rings. The van der Waals surface area contributed by atoms with Crippen molar-refractivity contribution in [3.63, 3.8) is 0 Å². The number of benzene rings is 1. The van der Waals surface area contributed by atoms with Gasteiger partial charge in [-0.1, -0.05) is 25.0 Å². The molecule has 0 heterocycles. The third-order valence-corrected chi connectivity index (χ3v) is 5.93. The van der Waals surface area contributed by atoms with Crippen LogP contribution < -0.4 is 10.5 Å². The molecule has 0 saturated heterocycles. The molecule has 1 saturated carbocycles. The maximum absolute atomic E-state index is 12.4. The quantitative estimate of drug-likeness (QED) is 0.866. The number of rotatable bonds is 4. The molecular weight excluding hydrogens is 332 g/mol. The van der Waals surface area contributed by atoms with E-state index in [4.69, 9.17) is 5.73 Å². The highest BCUT2D eigenvalue weighted by Crippen LogP contribution is 2.32. The lowest BCUT2D eigenvalue weighted by Gasteiger charge is -2.26. The van der Waals surface area contributed by atoms with Crippen LogP contribution in [0.2, 0.25) is 0 Å². The number of primary amides is 1. The lowest BCUT2D eigenvalue weighted by molar-refractivity contribution is -0.123. The van der Waals surface area contributed by atoms with Crippen LogP contribution in [0.1, 0.15) is 25.7 Å². The van der Waals surface area contributed by atoms with E-state index >= 15 is 0 Å². The Hall–Kier alpha value is -0.920. The molecule has 0 aromatic heterocycles. The van der Waals surface area contributed by atoms with Gasteiger partial charge in [-0.15, -0.1) is 0 Å². The Morgan fingerprint density at radius 1 is 1.26 bits per heavy atom. The molecule has 5 nitrogen and oxygen atoms in total. The zero-order chi connectivity index (χ0) is 14.1. The number of carbonyl (C=O) groups is 1. The smallest absolute Gasteiger partial charge is 0.242 e. The first kappa shape index (κ1) is 14.5. The first-order valence-corrected chi connectivity index (χ1v) is 8.23. The van der Waals surface area contributed by atoms with Crippen LogP contribution >= 0.6 is 15.9 Å². The molecule has 0 spiro atoms. The van der Waals surface area contributed by atoms with Crippen molar-refractivity contribution in [1.82, 2.24) is 4.72 Å². The maximum Gasteiger partial charge on any atom is 0.242 e. The summed E-state index contributed by atoms with van der Waals surface area (Å²) in [5, 5.41) is 0. The Morgan fingerprint density at radius 2 is 1.84 bits per heavy atom. The number of hydrogen-bond donors (Lipinski definition) is 2. The summed E-state index contributed by atoms with van der Waals surface area (Å²) >= 11 is 3.20.